The minimum absolute atomic E-state index is 0.640. The second-order valence-corrected chi connectivity index (χ2v) is 7.36. The summed E-state index contributed by atoms with van der Waals surface area (Å²) >= 11 is 3.61. The molecule has 3 rings (SSSR count). The predicted octanol–water partition coefficient (Wildman–Crippen LogP) is 2.34. The van der Waals surface area contributed by atoms with Crippen molar-refractivity contribution in [2.24, 2.45) is 0 Å². The molecule has 0 aliphatic carbocycles. The number of ether oxygens (including phenoxy) is 2. The first-order valence-electron chi connectivity index (χ1n) is 8.87. The maximum Gasteiger partial charge on any atom is 0.174 e. The first-order chi connectivity index (χ1) is 11.7. The van der Waals surface area contributed by atoms with Gasteiger partial charge in [-0.25, -0.2) is 0 Å². The summed E-state index contributed by atoms with van der Waals surface area (Å²) < 4.78 is 12.2. The lowest BCUT2D eigenvalue weighted by Crippen LogP contribution is -2.49. The van der Waals surface area contributed by atoms with E-state index in [2.05, 4.69) is 43.2 Å². The molecule has 0 saturated carbocycles. The van der Waals surface area contributed by atoms with Crippen LogP contribution in [0.3, 0.4) is 0 Å². The molecule has 1 N–H and O–H groups in total. The fraction of sp³-hybridized carbons (Fsp3) is 0.667. The smallest absolute Gasteiger partial charge is 0.174 e. The summed E-state index contributed by atoms with van der Waals surface area (Å²) in [5.74, 6) is 1.60. The monoisotopic (exact) mass is 397 g/mol. The van der Waals surface area contributed by atoms with Crippen molar-refractivity contribution < 1.29 is 9.47 Å². The molecule has 134 valence electrons. The number of rotatable bonds is 6. The maximum absolute atomic E-state index is 5.74. The molecule has 2 heterocycles. The number of halogens is 1. The first-order valence-corrected chi connectivity index (χ1v) is 9.67. The zero-order valence-corrected chi connectivity index (χ0v) is 16.3. The van der Waals surface area contributed by atoms with Gasteiger partial charge in [0.05, 0.1) is 18.2 Å². The van der Waals surface area contributed by atoms with Gasteiger partial charge in [0, 0.05) is 51.9 Å². The Labute approximate surface area is 153 Å². The van der Waals surface area contributed by atoms with Crippen LogP contribution < -0.4 is 14.8 Å². The molecule has 1 aromatic rings. The van der Waals surface area contributed by atoms with Crippen molar-refractivity contribution in [2.75, 3.05) is 53.0 Å². The first kappa shape index (κ1) is 18.0. The van der Waals surface area contributed by atoms with Crippen LogP contribution in [0.15, 0.2) is 16.6 Å². The van der Waals surface area contributed by atoms with Gasteiger partial charge in [-0.3, -0.25) is 9.80 Å². The largest absolute Gasteiger partial charge is 0.492 e. The zero-order chi connectivity index (χ0) is 16.9. The van der Waals surface area contributed by atoms with Gasteiger partial charge in [-0.1, -0.05) is 0 Å². The lowest BCUT2D eigenvalue weighted by Gasteiger charge is -2.32. The Morgan fingerprint density at radius 3 is 2.75 bits per heavy atom. The molecule has 0 spiro atoms. The van der Waals surface area contributed by atoms with Gasteiger partial charge in [0.2, 0.25) is 0 Å². The van der Waals surface area contributed by atoms with Gasteiger partial charge in [-0.15, -0.1) is 0 Å². The van der Waals surface area contributed by atoms with Crippen molar-refractivity contribution >= 4 is 15.9 Å². The molecule has 5 nitrogen and oxygen atoms in total. The molecule has 0 bridgehead atoms. The normalized spacial score (nSPS) is 22.7. The molecular weight excluding hydrogens is 370 g/mol. The van der Waals surface area contributed by atoms with Gasteiger partial charge >= 0.3 is 0 Å². The van der Waals surface area contributed by atoms with Crippen LogP contribution in [-0.2, 0) is 6.54 Å². The fourth-order valence-corrected chi connectivity index (χ4v) is 4.38. The molecule has 2 aliphatic heterocycles. The average Bonchev–Trinajstić information content (AvgIpc) is 3.04. The Morgan fingerprint density at radius 2 is 2.04 bits per heavy atom. The summed E-state index contributed by atoms with van der Waals surface area (Å²) in [7, 11) is 1.68. The lowest BCUT2D eigenvalue weighted by atomic mass is 10.2. The third-order valence-corrected chi connectivity index (χ3v) is 5.48. The van der Waals surface area contributed by atoms with E-state index in [0.29, 0.717) is 12.6 Å². The third kappa shape index (κ3) is 4.23. The number of nitrogens with one attached hydrogen (secondary N) is 1. The summed E-state index contributed by atoms with van der Waals surface area (Å²) in [5.41, 5.74) is 1.27. The van der Waals surface area contributed by atoms with Crippen LogP contribution >= 0.6 is 15.9 Å². The van der Waals surface area contributed by atoms with E-state index < -0.39 is 0 Å². The molecule has 1 atom stereocenters. The fourth-order valence-electron chi connectivity index (χ4n) is 3.73. The summed E-state index contributed by atoms with van der Waals surface area (Å²) in [5, 5.41) is 3.44. The molecule has 0 aromatic heterocycles. The zero-order valence-electron chi connectivity index (χ0n) is 14.7. The standard InChI is InChI=1S/C18H28BrN3O2/c1-3-24-17-11-14(10-16(19)18(17)23-2)12-21-7-4-15(13-21)22-8-5-20-6-9-22/h10-11,15,20H,3-9,12-13H2,1-2H3. The van der Waals surface area contributed by atoms with Gasteiger partial charge in [0.15, 0.2) is 11.5 Å². The van der Waals surface area contributed by atoms with Crippen molar-refractivity contribution in [3.8, 4) is 11.5 Å². The molecule has 1 unspecified atom stereocenters. The number of nitrogens with zero attached hydrogens (tertiary/aromatic N) is 2. The Kier molecular flexibility index (Phi) is 6.38. The van der Waals surface area contributed by atoms with Gasteiger partial charge in [0.25, 0.3) is 0 Å². The molecule has 24 heavy (non-hydrogen) atoms. The molecular formula is C18H28BrN3O2. The van der Waals surface area contributed by atoms with Crippen LogP contribution in [0, 0.1) is 0 Å². The predicted molar refractivity (Wildman–Crippen MR) is 100.0 cm³/mol. The highest BCUT2D eigenvalue weighted by atomic mass is 79.9. The van der Waals surface area contributed by atoms with Crippen molar-refractivity contribution in [2.45, 2.75) is 25.9 Å². The Bertz CT molecular complexity index is 549. The minimum Gasteiger partial charge on any atom is -0.492 e. The number of methoxy groups -OCH3 is 1. The number of hydrogen-bond acceptors (Lipinski definition) is 5. The topological polar surface area (TPSA) is 37.0 Å². The summed E-state index contributed by atoms with van der Waals surface area (Å²) in [6.07, 6.45) is 1.27. The Morgan fingerprint density at radius 1 is 1.25 bits per heavy atom. The van der Waals surface area contributed by atoms with Crippen LogP contribution in [-0.4, -0.2) is 68.8 Å². The SMILES string of the molecule is CCOc1cc(CN2CCC(N3CCNCC3)C2)cc(Br)c1OC. The Balaban J connectivity index is 1.63. The highest BCUT2D eigenvalue weighted by molar-refractivity contribution is 9.10. The number of benzene rings is 1. The molecule has 0 radical (unpaired) electrons. The van der Waals surface area contributed by atoms with Crippen LogP contribution in [0.25, 0.3) is 0 Å². The molecule has 6 heteroatoms. The van der Waals surface area contributed by atoms with Crippen LogP contribution in [0.2, 0.25) is 0 Å². The minimum atomic E-state index is 0.640. The summed E-state index contributed by atoms with van der Waals surface area (Å²) in [6, 6.07) is 4.98. The molecule has 2 aliphatic rings. The van der Waals surface area contributed by atoms with Crippen molar-refractivity contribution in [1.29, 1.82) is 0 Å². The third-order valence-electron chi connectivity index (χ3n) is 4.89. The number of hydrogen-bond donors (Lipinski definition) is 1. The molecule has 2 saturated heterocycles. The van der Waals surface area contributed by atoms with E-state index in [9.17, 15) is 0 Å². The second-order valence-electron chi connectivity index (χ2n) is 6.51. The van der Waals surface area contributed by atoms with E-state index >= 15 is 0 Å². The second kappa shape index (κ2) is 8.52. The molecule has 0 amide bonds. The van der Waals surface area contributed by atoms with Gasteiger partial charge in [-0.2, -0.15) is 0 Å². The number of piperazine rings is 1. The molecule has 2 fully saturated rings. The molecule has 1 aromatic carbocycles. The summed E-state index contributed by atoms with van der Waals surface area (Å²) in [6.45, 7) is 10.5. The van der Waals surface area contributed by atoms with Crippen LogP contribution in [0.4, 0.5) is 0 Å². The van der Waals surface area contributed by atoms with Gasteiger partial charge < -0.3 is 14.8 Å². The van der Waals surface area contributed by atoms with E-state index in [1.165, 1.54) is 31.6 Å². The average molecular weight is 398 g/mol. The van der Waals surface area contributed by atoms with E-state index in [0.717, 1.165) is 42.2 Å². The number of likely N-dealkylation sites (tertiary alicyclic amines) is 1. The van der Waals surface area contributed by atoms with E-state index in [4.69, 9.17) is 9.47 Å². The van der Waals surface area contributed by atoms with Crippen molar-refractivity contribution in [3.63, 3.8) is 0 Å². The van der Waals surface area contributed by atoms with Gasteiger partial charge in [0.1, 0.15) is 0 Å². The van der Waals surface area contributed by atoms with Crippen molar-refractivity contribution in [1.82, 2.24) is 15.1 Å². The van der Waals surface area contributed by atoms with E-state index in [1.54, 1.807) is 7.11 Å². The highest BCUT2D eigenvalue weighted by Gasteiger charge is 2.28. The quantitative estimate of drug-likeness (QED) is 0.796. The van der Waals surface area contributed by atoms with Crippen LogP contribution in [0.1, 0.15) is 18.9 Å². The lowest BCUT2D eigenvalue weighted by molar-refractivity contribution is 0.170. The Hall–Kier alpha value is -0.820. The van der Waals surface area contributed by atoms with E-state index in [1.807, 2.05) is 6.92 Å². The highest BCUT2D eigenvalue weighted by Crippen LogP contribution is 2.37. The van der Waals surface area contributed by atoms with E-state index in [-0.39, 0.29) is 0 Å². The van der Waals surface area contributed by atoms with Gasteiger partial charge in [-0.05, 0) is 47.0 Å². The summed E-state index contributed by atoms with van der Waals surface area (Å²) in [4.78, 5) is 5.20. The van der Waals surface area contributed by atoms with Crippen LogP contribution in [0.5, 0.6) is 11.5 Å². The van der Waals surface area contributed by atoms with Crippen molar-refractivity contribution in [3.05, 3.63) is 22.2 Å². The maximum atomic E-state index is 5.74.